The molecule has 0 spiro atoms. The highest BCUT2D eigenvalue weighted by molar-refractivity contribution is 7.98. The molecule has 1 aromatic rings. The van der Waals surface area contributed by atoms with Crippen molar-refractivity contribution >= 4 is 30.0 Å². The van der Waals surface area contributed by atoms with Crippen LogP contribution >= 0.6 is 11.8 Å². The van der Waals surface area contributed by atoms with Crippen molar-refractivity contribution in [3.05, 3.63) is 35.9 Å². The summed E-state index contributed by atoms with van der Waals surface area (Å²) in [5.74, 6) is -0.946. The zero-order valence-electron chi connectivity index (χ0n) is 12.3. The molecule has 0 radical (unpaired) electrons. The van der Waals surface area contributed by atoms with Crippen LogP contribution < -0.4 is 10.6 Å². The quantitative estimate of drug-likeness (QED) is 0.550. The Hall–Kier alpha value is -2.02. The van der Waals surface area contributed by atoms with E-state index in [0.29, 0.717) is 25.0 Å². The molecule has 0 aliphatic carbocycles. The van der Waals surface area contributed by atoms with Crippen LogP contribution in [0, 0.1) is 0 Å². The van der Waals surface area contributed by atoms with Gasteiger partial charge in [-0.2, -0.15) is 11.8 Å². The zero-order valence-corrected chi connectivity index (χ0v) is 13.1. The molecule has 0 bridgehead atoms. The van der Waals surface area contributed by atoms with Crippen molar-refractivity contribution < 1.29 is 19.5 Å². The van der Waals surface area contributed by atoms with E-state index >= 15 is 0 Å². The number of hydrogen-bond acceptors (Lipinski definition) is 4. The van der Waals surface area contributed by atoms with E-state index in [9.17, 15) is 14.4 Å². The van der Waals surface area contributed by atoms with E-state index in [4.69, 9.17) is 5.11 Å². The van der Waals surface area contributed by atoms with Crippen molar-refractivity contribution in [3.63, 3.8) is 0 Å². The van der Waals surface area contributed by atoms with Crippen LogP contribution in [0.15, 0.2) is 30.3 Å². The van der Waals surface area contributed by atoms with E-state index in [2.05, 4.69) is 10.6 Å². The van der Waals surface area contributed by atoms with Gasteiger partial charge in [-0.25, -0.2) is 4.79 Å². The monoisotopic (exact) mass is 324 g/mol. The number of carbonyl (C=O) groups excluding carboxylic acids is 2. The van der Waals surface area contributed by atoms with Crippen LogP contribution in [0.5, 0.6) is 0 Å². The van der Waals surface area contributed by atoms with Crippen molar-refractivity contribution in [3.8, 4) is 0 Å². The average Bonchev–Trinajstić information content (AvgIpc) is 2.51. The molecule has 0 fully saturated rings. The second-order valence-corrected chi connectivity index (χ2v) is 5.69. The van der Waals surface area contributed by atoms with E-state index in [-0.39, 0.29) is 0 Å². The standard InChI is InChI=1S/C15H20N2O4S/c1-22-8-7-12(15(20)21)17-14(19)13(16-10-18)9-11-5-3-2-4-6-11/h2-6,10,12-13H,7-9H2,1H3,(H,16,18)(H,17,19)(H,20,21)/t12-,13+/m0/s1. The molecule has 2 amide bonds. The number of hydrogen-bond donors (Lipinski definition) is 3. The molecule has 0 saturated heterocycles. The van der Waals surface area contributed by atoms with Crippen molar-refractivity contribution in [2.45, 2.75) is 24.9 Å². The van der Waals surface area contributed by atoms with E-state index in [1.54, 1.807) is 0 Å². The van der Waals surface area contributed by atoms with Gasteiger partial charge in [0.15, 0.2) is 0 Å². The first kappa shape index (κ1) is 18.0. The molecule has 22 heavy (non-hydrogen) atoms. The van der Waals surface area contributed by atoms with Crippen LogP contribution in [0.3, 0.4) is 0 Å². The molecule has 120 valence electrons. The minimum absolute atomic E-state index is 0.306. The first-order chi connectivity index (χ1) is 10.6. The minimum atomic E-state index is -1.08. The van der Waals surface area contributed by atoms with Crippen LogP contribution in [0.25, 0.3) is 0 Å². The molecule has 3 N–H and O–H groups in total. The Bertz CT molecular complexity index is 496. The summed E-state index contributed by atoms with van der Waals surface area (Å²) in [6, 6.07) is 7.47. The normalized spacial score (nSPS) is 13.0. The van der Waals surface area contributed by atoms with E-state index in [1.807, 2.05) is 36.6 Å². The number of thioether (sulfide) groups is 1. The van der Waals surface area contributed by atoms with Crippen LogP contribution in [0.1, 0.15) is 12.0 Å². The molecular weight excluding hydrogens is 304 g/mol. The van der Waals surface area contributed by atoms with Crippen LogP contribution in [0.2, 0.25) is 0 Å². The highest BCUT2D eigenvalue weighted by atomic mass is 32.2. The summed E-state index contributed by atoms with van der Waals surface area (Å²) in [7, 11) is 0. The first-order valence-corrected chi connectivity index (χ1v) is 8.23. The number of nitrogens with one attached hydrogen (secondary N) is 2. The van der Waals surface area contributed by atoms with Gasteiger partial charge in [-0.05, 0) is 24.0 Å². The van der Waals surface area contributed by atoms with Crippen LogP contribution in [-0.2, 0) is 20.8 Å². The van der Waals surface area contributed by atoms with Gasteiger partial charge in [-0.15, -0.1) is 0 Å². The third kappa shape index (κ3) is 6.17. The molecule has 0 aliphatic heterocycles. The molecular formula is C15H20N2O4S. The van der Waals surface area contributed by atoms with Gasteiger partial charge in [0.25, 0.3) is 0 Å². The summed E-state index contributed by atoms with van der Waals surface area (Å²) in [6.45, 7) is 0. The Morgan fingerprint density at radius 2 is 1.95 bits per heavy atom. The lowest BCUT2D eigenvalue weighted by Crippen LogP contribution is -2.51. The topological polar surface area (TPSA) is 95.5 Å². The molecule has 0 aromatic heterocycles. The number of benzene rings is 1. The first-order valence-electron chi connectivity index (χ1n) is 6.84. The molecule has 0 heterocycles. The molecule has 7 heteroatoms. The second kappa shape index (κ2) is 9.83. The summed E-state index contributed by atoms with van der Waals surface area (Å²) in [6.07, 6.45) is 2.96. The van der Waals surface area contributed by atoms with Gasteiger partial charge in [-0.1, -0.05) is 30.3 Å². The second-order valence-electron chi connectivity index (χ2n) is 4.71. The third-order valence-corrected chi connectivity index (χ3v) is 3.74. The summed E-state index contributed by atoms with van der Waals surface area (Å²) in [4.78, 5) is 34.1. The van der Waals surface area contributed by atoms with Gasteiger partial charge in [0.1, 0.15) is 12.1 Å². The van der Waals surface area contributed by atoms with Crippen molar-refractivity contribution in [1.29, 1.82) is 0 Å². The largest absolute Gasteiger partial charge is 0.480 e. The molecule has 6 nitrogen and oxygen atoms in total. The lowest BCUT2D eigenvalue weighted by Gasteiger charge is -2.20. The fraction of sp³-hybridized carbons (Fsp3) is 0.400. The maximum Gasteiger partial charge on any atom is 0.326 e. The number of carboxylic acids is 1. The number of amides is 2. The molecule has 0 saturated carbocycles. The summed E-state index contributed by atoms with van der Waals surface area (Å²) in [5, 5.41) is 14.1. The Balaban J connectivity index is 2.70. The number of rotatable bonds is 10. The third-order valence-electron chi connectivity index (χ3n) is 3.09. The highest BCUT2D eigenvalue weighted by Gasteiger charge is 2.24. The fourth-order valence-corrected chi connectivity index (χ4v) is 2.40. The average molecular weight is 324 g/mol. The summed E-state index contributed by atoms with van der Waals surface area (Å²) in [5.41, 5.74) is 0.882. The Labute approximate surface area is 133 Å². The lowest BCUT2D eigenvalue weighted by molar-refractivity contribution is -0.142. The van der Waals surface area contributed by atoms with Crippen molar-refractivity contribution in [1.82, 2.24) is 10.6 Å². The number of carbonyl (C=O) groups is 3. The smallest absolute Gasteiger partial charge is 0.326 e. The number of aliphatic carboxylic acids is 1. The van der Waals surface area contributed by atoms with Gasteiger partial charge in [0.05, 0.1) is 0 Å². The van der Waals surface area contributed by atoms with Gasteiger partial charge in [0, 0.05) is 6.42 Å². The van der Waals surface area contributed by atoms with Gasteiger partial charge < -0.3 is 15.7 Å². The van der Waals surface area contributed by atoms with E-state index < -0.39 is 24.0 Å². The van der Waals surface area contributed by atoms with Gasteiger partial charge in [-0.3, -0.25) is 9.59 Å². The van der Waals surface area contributed by atoms with Crippen LogP contribution in [-0.4, -0.2) is 47.5 Å². The Morgan fingerprint density at radius 1 is 1.27 bits per heavy atom. The van der Waals surface area contributed by atoms with Gasteiger partial charge in [0.2, 0.25) is 12.3 Å². The molecule has 0 aliphatic rings. The molecule has 1 rings (SSSR count). The molecule has 0 unspecified atom stereocenters. The van der Waals surface area contributed by atoms with E-state index in [0.717, 1.165) is 5.56 Å². The maximum absolute atomic E-state index is 12.2. The van der Waals surface area contributed by atoms with Gasteiger partial charge >= 0.3 is 5.97 Å². The van der Waals surface area contributed by atoms with Crippen LogP contribution in [0.4, 0.5) is 0 Å². The zero-order chi connectivity index (χ0) is 16.4. The number of carboxylic acid groups (broad SMARTS) is 1. The molecule has 2 atom stereocenters. The predicted molar refractivity (Wildman–Crippen MR) is 85.7 cm³/mol. The summed E-state index contributed by atoms with van der Waals surface area (Å²) >= 11 is 1.51. The minimum Gasteiger partial charge on any atom is -0.480 e. The predicted octanol–water partition coefficient (Wildman–Crippen LogP) is 0.666. The fourth-order valence-electron chi connectivity index (χ4n) is 1.92. The van der Waals surface area contributed by atoms with Crippen molar-refractivity contribution in [2.24, 2.45) is 0 Å². The summed E-state index contributed by atoms with van der Waals surface area (Å²) < 4.78 is 0. The maximum atomic E-state index is 12.2. The highest BCUT2D eigenvalue weighted by Crippen LogP contribution is 2.05. The van der Waals surface area contributed by atoms with E-state index in [1.165, 1.54) is 11.8 Å². The van der Waals surface area contributed by atoms with Crippen molar-refractivity contribution in [2.75, 3.05) is 12.0 Å². The lowest BCUT2D eigenvalue weighted by atomic mass is 10.0. The Morgan fingerprint density at radius 3 is 2.50 bits per heavy atom. The Kier molecular flexibility index (Phi) is 8.06. The SMILES string of the molecule is CSCC[C@H](NC(=O)[C@@H](Cc1ccccc1)NC=O)C(=O)O. The molecule has 1 aromatic carbocycles.